The molecule has 2 fully saturated rings. The van der Waals surface area contributed by atoms with E-state index in [0.29, 0.717) is 25.4 Å². The highest BCUT2D eigenvalue weighted by atomic mass is 19.1. The fourth-order valence-electron chi connectivity index (χ4n) is 5.36. The van der Waals surface area contributed by atoms with Crippen LogP contribution in [0.25, 0.3) is 10.9 Å². The normalized spacial score (nSPS) is 23.3. The first kappa shape index (κ1) is 20.0. The van der Waals surface area contributed by atoms with Gasteiger partial charge in [-0.05, 0) is 69.5 Å². The molecule has 1 aromatic carbocycles. The molecule has 162 valence electrons. The summed E-state index contributed by atoms with van der Waals surface area (Å²) in [6, 6.07) is 7.33. The number of fused-ring (bicyclic) bond motifs is 1. The van der Waals surface area contributed by atoms with Gasteiger partial charge in [-0.15, -0.1) is 0 Å². The number of rotatable bonds is 4. The monoisotopic (exact) mass is 411 g/mol. The highest BCUT2D eigenvalue weighted by Crippen LogP contribution is 2.33. The predicted molar refractivity (Wildman–Crippen MR) is 122 cm³/mol. The van der Waals surface area contributed by atoms with Crippen LogP contribution in [0.1, 0.15) is 37.3 Å². The number of likely N-dealkylation sites (tertiary alicyclic amines) is 1. The van der Waals surface area contributed by atoms with Crippen molar-refractivity contribution in [1.29, 1.82) is 0 Å². The maximum absolute atomic E-state index is 15.1. The molecule has 0 saturated carbocycles. The van der Waals surface area contributed by atoms with Crippen LogP contribution in [0.2, 0.25) is 0 Å². The van der Waals surface area contributed by atoms with Crippen molar-refractivity contribution in [2.45, 2.75) is 44.3 Å². The Bertz CT molecular complexity index is 906. The number of nitrogens with one attached hydrogen (secondary N) is 2. The smallest absolute Gasteiger partial charge is 0.126 e. The van der Waals surface area contributed by atoms with Gasteiger partial charge in [0.25, 0.3) is 0 Å². The third-order valence-electron chi connectivity index (χ3n) is 7.13. The molecule has 1 aromatic heterocycles. The zero-order valence-electron chi connectivity index (χ0n) is 18.0. The van der Waals surface area contributed by atoms with Crippen molar-refractivity contribution in [3.63, 3.8) is 0 Å². The van der Waals surface area contributed by atoms with Crippen LogP contribution in [-0.4, -0.2) is 61.1 Å². The minimum absolute atomic E-state index is 0.503. The molecule has 0 bridgehead atoms. The number of nitrogens with zero attached hydrogens (tertiary/aromatic N) is 3. The highest BCUT2D eigenvalue weighted by molar-refractivity contribution is 5.87. The van der Waals surface area contributed by atoms with E-state index in [4.69, 9.17) is 0 Å². The third-order valence-corrected chi connectivity index (χ3v) is 7.13. The minimum atomic E-state index is -0.997. The molecule has 0 amide bonds. The number of hydrogen-bond donors (Lipinski definition) is 2. The van der Waals surface area contributed by atoms with E-state index in [1.54, 1.807) is 0 Å². The van der Waals surface area contributed by atoms with Gasteiger partial charge >= 0.3 is 0 Å². The van der Waals surface area contributed by atoms with Gasteiger partial charge in [-0.3, -0.25) is 5.32 Å². The van der Waals surface area contributed by atoms with Crippen molar-refractivity contribution in [3.05, 3.63) is 42.2 Å². The molecular weight excluding hydrogens is 377 g/mol. The van der Waals surface area contributed by atoms with Crippen LogP contribution >= 0.6 is 0 Å². The molecule has 30 heavy (non-hydrogen) atoms. The van der Waals surface area contributed by atoms with Crippen molar-refractivity contribution >= 4 is 16.6 Å². The van der Waals surface area contributed by atoms with Gasteiger partial charge in [0.1, 0.15) is 5.67 Å². The number of piperidine rings is 2. The molecule has 3 aliphatic heterocycles. The van der Waals surface area contributed by atoms with E-state index in [-0.39, 0.29) is 0 Å². The molecule has 3 aliphatic rings. The topological polar surface area (TPSA) is 35.5 Å². The SMILES string of the molecule is Cc1cn(C2CCN(CC3(F)CCNCC3)CC2)c2ccc(N3C=CCNC3)cc12. The number of halogens is 1. The molecule has 4 heterocycles. The maximum atomic E-state index is 15.1. The van der Waals surface area contributed by atoms with Crippen molar-refractivity contribution in [2.24, 2.45) is 0 Å². The number of aromatic nitrogens is 1. The van der Waals surface area contributed by atoms with Crippen molar-refractivity contribution in [2.75, 3.05) is 50.8 Å². The van der Waals surface area contributed by atoms with E-state index in [9.17, 15) is 0 Å². The maximum Gasteiger partial charge on any atom is 0.126 e. The molecule has 0 unspecified atom stereocenters. The lowest BCUT2D eigenvalue weighted by atomic mass is 9.92. The molecule has 0 radical (unpaired) electrons. The third kappa shape index (κ3) is 4.01. The largest absolute Gasteiger partial charge is 0.344 e. The van der Waals surface area contributed by atoms with Crippen LogP contribution in [-0.2, 0) is 0 Å². The first-order valence-corrected chi connectivity index (χ1v) is 11.5. The Morgan fingerprint density at radius 1 is 1.13 bits per heavy atom. The van der Waals surface area contributed by atoms with Crippen LogP contribution in [0.3, 0.4) is 0 Å². The summed E-state index contributed by atoms with van der Waals surface area (Å²) in [5.41, 5.74) is 2.89. The summed E-state index contributed by atoms with van der Waals surface area (Å²) in [4.78, 5) is 4.61. The molecule has 0 aliphatic carbocycles. The van der Waals surface area contributed by atoms with E-state index in [1.165, 1.54) is 22.2 Å². The Morgan fingerprint density at radius 2 is 1.93 bits per heavy atom. The second kappa shape index (κ2) is 8.33. The molecular formula is C24H34FN5. The average molecular weight is 412 g/mol. The van der Waals surface area contributed by atoms with Crippen molar-refractivity contribution in [3.8, 4) is 0 Å². The zero-order chi connectivity index (χ0) is 20.6. The van der Waals surface area contributed by atoms with E-state index in [2.05, 4.69) is 68.6 Å². The standard InChI is InChI=1S/C24H34FN5/c1-19-16-30(23-4-3-21(15-22(19)23)29-12-2-9-27-18-29)20-5-13-28(14-6-20)17-24(25)7-10-26-11-8-24/h2-4,12,15-16,20,26-27H,5-11,13-14,17-18H2,1H3. The minimum Gasteiger partial charge on any atom is -0.344 e. The summed E-state index contributed by atoms with van der Waals surface area (Å²) in [6.45, 7) is 8.22. The van der Waals surface area contributed by atoms with Gasteiger partial charge in [-0.2, -0.15) is 0 Å². The summed E-state index contributed by atoms with van der Waals surface area (Å²) in [5, 5.41) is 8.00. The van der Waals surface area contributed by atoms with E-state index in [0.717, 1.165) is 52.2 Å². The van der Waals surface area contributed by atoms with Gasteiger partial charge in [0.15, 0.2) is 0 Å². The Morgan fingerprint density at radius 3 is 2.67 bits per heavy atom. The lowest BCUT2D eigenvalue weighted by Gasteiger charge is -2.39. The van der Waals surface area contributed by atoms with Crippen LogP contribution in [0.15, 0.2) is 36.7 Å². The molecule has 2 saturated heterocycles. The Balaban J connectivity index is 1.28. The lowest BCUT2D eigenvalue weighted by Crippen LogP contribution is -2.48. The van der Waals surface area contributed by atoms with Gasteiger partial charge < -0.3 is 19.7 Å². The van der Waals surface area contributed by atoms with E-state index < -0.39 is 5.67 Å². The average Bonchev–Trinajstić information content (AvgIpc) is 3.11. The molecule has 2 N–H and O–H groups in total. The highest BCUT2D eigenvalue weighted by Gasteiger charge is 2.35. The van der Waals surface area contributed by atoms with Gasteiger partial charge in [0, 0.05) is 61.2 Å². The number of hydrogen-bond acceptors (Lipinski definition) is 4. The zero-order valence-corrected chi connectivity index (χ0v) is 18.0. The van der Waals surface area contributed by atoms with Crippen LogP contribution < -0.4 is 15.5 Å². The van der Waals surface area contributed by atoms with E-state index in [1.807, 2.05) is 0 Å². The molecule has 2 aromatic rings. The van der Waals surface area contributed by atoms with Crippen molar-refractivity contribution < 1.29 is 4.39 Å². The number of aryl methyl sites for hydroxylation is 1. The predicted octanol–water partition coefficient (Wildman–Crippen LogP) is 3.56. The molecule has 0 spiro atoms. The summed E-state index contributed by atoms with van der Waals surface area (Å²) in [5.74, 6) is 0. The van der Waals surface area contributed by atoms with Gasteiger partial charge in [0.2, 0.25) is 0 Å². The quantitative estimate of drug-likeness (QED) is 0.807. The summed E-state index contributed by atoms with van der Waals surface area (Å²) >= 11 is 0. The summed E-state index contributed by atoms with van der Waals surface area (Å²) in [6.07, 6.45) is 10.1. The summed E-state index contributed by atoms with van der Waals surface area (Å²) < 4.78 is 17.6. The van der Waals surface area contributed by atoms with E-state index >= 15 is 4.39 Å². The van der Waals surface area contributed by atoms with Gasteiger partial charge in [-0.25, -0.2) is 4.39 Å². The van der Waals surface area contributed by atoms with Crippen LogP contribution in [0, 0.1) is 6.92 Å². The Hall–Kier alpha value is -1.89. The summed E-state index contributed by atoms with van der Waals surface area (Å²) in [7, 11) is 0. The molecule has 0 atom stereocenters. The van der Waals surface area contributed by atoms with Gasteiger partial charge in [0.05, 0.1) is 6.67 Å². The second-order valence-corrected chi connectivity index (χ2v) is 9.30. The van der Waals surface area contributed by atoms with Crippen LogP contribution in [0.4, 0.5) is 10.1 Å². The Kier molecular flexibility index (Phi) is 5.56. The molecule has 6 heteroatoms. The second-order valence-electron chi connectivity index (χ2n) is 9.30. The van der Waals surface area contributed by atoms with Gasteiger partial charge in [-0.1, -0.05) is 6.08 Å². The fourth-order valence-corrected chi connectivity index (χ4v) is 5.36. The van der Waals surface area contributed by atoms with Crippen molar-refractivity contribution in [1.82, 2.24) is 20.1 Å². The fraction of sp³-hybridized carbons (Fsp3) is 0.583. The molecule has 5 rings (SSSR count). The first-order valence-electron chi connectivity index (χ1n) is 11.5. The number of anilines is 1. The number of benzene rings is 1. The molecule has 5 nitrogen and oxygen atoms in total. The first-order chi connectivity index (χ1) is 14.6. The Labute approximate surface area is 178 Å². The number of alkyl halides is 1. The van der Waals surface area contributed by atoms with Crippen LogP contribution in [0.5, 0.6) is 0 Å². The lowest BCUT2D eigenvalue weighted by molar-refractivity contribution is 0.0472.